The van der Waals surface area contributed by atoms with Crippen LogP contribution < -0.4 is 5.73 Å². The van der Waals surface area contributed by atoms with Gasteiger partial charge in [-0.2, -0.15) is 0 Å². The summed E-state index contributed by atoms with van der Waals surface area (Å²) in [5.41, 5.74) is 4.83. The molecule has 1 amide bonds. The third kappa shape index (κ3) is 3.99. The Kier molecular flexibility index (Phi) is 4.97. The van der Waals surface area contributed by atoms with Gasteiger partial charge in [0.05, 0.1) is 6.20 Å². The maximum atomic E-state index is 14.3. The minimum Gasteiger partial charge on any atom is -0.442 e. The van der Waals surface area contributed by atoms with Crippen molar-refractivity contribution in [2.24, 2.45) is 5.73 Å². The van der Waals surface area contributed by atoms with E-state index in [4.69, 9.17) is 10.2 Å². The first kappa shape index (κ1) is 20.2. The summed E-state index contributed by atoms with van der Waals surface area (Å²) in [6.45, 7) is 3.19. The van der Waals surface area contributed by atoms with E-state index in [2.05, 4.69) is 26.8 Å². The first-order valence-corrected chi connectivity index (χ1v) is 9.29. The van der Waals surface area contributed by atoms with Crippen LogP contribution in [0.2, 0.25) is 0 Å². The molecule has 0 unspecified atom stereocenters. The van der Waals surface area contributed by atoms with Gasteiger partial charge < -0.3 is 15.3 Å². The van der Waals surface area contributed by atoms with Crippen LogP contribution >= 0.6 is 0 Å². The van der Waals surface area contributed by atoms with Gasteiger partial charge in [0.2, 0.25) is 5.89 Å². The number of nitrogens with two attached hydrogens (primary N) is 1. The van der Waals surface area contributed by atoms with Crippen LogP contribution in [0.5, 0.6) is 0 Å². The molecule has 0 radical (unpaired) electrons. The molecule has 0 aliphatic carbocycles. The number of oxazole rings is 1. The van der Waals surface area contributed by atoms with Crippen molar-refractivity contribution in [2.45, 2.75) is 19.4 Å². The normalized spacial score (nSPS) is 12.8. The zero-order valence-corrected chi connectivity index (χ0v) is 16.7. The smallest absolute Gasteiger partial charge is 0.268 e. The van der Waals surface area contributed by atoms with Gasteiger partial charge in [-0.3, -0.25) is 4.79 Å². The van der Waals surface area contributed by atoms with E-state index in [0.29, 0.717) is 16.9 Å². The van der Waals surface area contributed by atoms with Gasteiger partial charge in [-0.25, -0.2) is 19.3 Å². The van der Waals surface area contributed by atoms with Crippen molar-refractivity contribution >= 4 is 16.8 Å². The zero-order chi connectivity index (χ0) is 22.2. The van der Waals surface area contributed by atoms with E-state index in [1.807, 2.05) is 0 Å². The van der Waals surface area contributed by atoms with Crippen LogP contribution in [0.1, 0.15) is 34.6 Å². The van der Waals surface area contributed by atoms with Crippen LogP contribution in [0.15, 0.2) is 53.1 Å². The molecule has 4 aromatic rings. The summed E-state index contributed by atoms with van der Waals surface area (Å²) < 4.78 is 19.7. The number of hydrogen-bond acceptors (Lipinski definition) is 6. The first-order valence-electron chi connectivity index (χ1n) is 9.29. The number of halogens is 1. The predicted molar refractivity (Wildman–Crippen MR) is 111 cm³/mol. The largest absolute Gasteiger partial charge is 0.442 e. The van der Waals surface area contributed by atoms with Gasteiger partial charge in [0.1, 0.15) is 22.8 Å². The number of carbonyl (C=O) groups is 1. The van der Waals surface area contributed by atoms with Crippen molar-refractivity contribution in [3.05, 3.63) is 77.4 Å². The molecule has 3 N–H and O–H groups in total. The summed E-state index contributed by atoms with van der Waals surface area (Å²) in [5.74, 6) is 5.00. The average Bonchev–Trinajstić information content (AvgIpc) is 3.19. The topological polar surface area (TPSA) is 115 Å². The summed E-state index contributed by atoms with van der Waals surface area (Å²) in [6, 6.07) is 11.1. The zero-order valence-electron chi connectivity index (χ0n) is 16.7. The summed E-state index contributed by atoms with van der Waals surface area (Å²) in [7, 11) is 0. The Balaban J connectivity index is 1.77. The van der Waals surface area contributed by atoms with Crippen molar-refractivity contribution in [1.82, 2.24) is 15.0 Å². The molecule has 2 aromatic carbocycles. The Morgan fingerprint density at radius 2 is 2.00 bits per heavy atom. The van der Waals surface area contributed by atoms with Crippen molar-refractivity contribution in [2.75, 3.05) is 0 Å². The maximum Gasteiger partial charge on any atom is 0.268 e. The lowest BCUT2D eigenvalue weighted by Crippen LogP contribution is -2.18. The number of nitrogens with zero attached hydrogens (tertiary/aromatic N) is 3. The second-order valence-electron chi connectivity index (χ2n) is 7.08. The number of para-hydroxylation sites is 1. The van der Waals surface area contributed by atoms with Gasteiger partial charge in [0.25, 0.3) is 5.91 Å². The van der Waals surface area contributed by atoms with Crippen LogP contribution in [-0.4, -0.2) is 26.0 Å². The summed E-state index contributed by atoms with van der Waals surface area (Å²) in [4.78, 5) is 24.4. The molecule has 8 heteroatoms. The minimum atomic E-state index is -1.59. The minimum absolute atomic E-state index is 0.0000147. The predicted octanol–water partition coefficient (Wildman–Crippen LogP) is 3.09. The monoisotopic (exact) mass is 416 g/mol. The number of aliphatic hydroxyl groups is 1. The van der Waals surface area contributed by atoms with Gasteiger partial charge in [0, 0.05) is 16.5 Å². The number of aryl methyl sites for hydroxylation is 1. The lowest BCUT2D eigenvalue weighted by Gasteiger charge is -2.11. The van der Waals surface area contributed by atoms with E-state index < -0.39 is 17.3 Å². The first-order chi connectivity index (χ1) is 14.7. The lowest BCUT2D eigenvalue weighted by molar-refractivity contribution is 0.0882. The SMILES string of the molecule is Cc1cnc([C@@](C)(O)C#Cc2cccc(-c3nc(C(N)=O)c4cccc(F)c4n3)c2)o1. The molecule has 0 saturated carbocycles. The Labute approximate surface area is 176 Å². The summed E-state index contributed by atoms with van der Waals surface area (Å²) in [5, 5.41) is 10.8. The Bertz CT molecular complexity index is 1380. The fourth-order valence-electron chi connectivity index (χ4n) is 3.00. The molecule has 31 heavy (non-hydrogen) atoms. The lowest BCUT2D eigenvalue weighted by atomic mass is 10.1. The van der Waals surface area contributed by atoms with Crippen molar-refractivity contribution in [3.8, 4) is 23.2 Å². The Morgan fingerprint density at radius 1 is 1.23 bits per heavy atom. The molecule has 0 aliphatic heterocycles. The molecule has 0 fully saturated rings. The molecular formula is C23H17FN4O3. The molecule has 0 bridgehead atoms. The van der Waals surface area contributed by atoms with Gasteiger partial charge in [-0.05, 0) is 32.0 Å². The van der Waals surface area contributed by atoms with Gasteiger partial charge in [-0.1, -0.05) is 36.1 Å². The molecule has 0 saturated heterocycles. The molecule has 4 rings (SSSR count). The van der Waals surface area contributed by atoms with Crippen LogP contribution in [0.25, 0.3) is 22.3 Å². The molecular weight excluding hydrogens is 399 g/mol. The van der Waals surface area contributed by atoms with Gasteiger partial charge in [-0.15, -0.1) is 0 Å². The molecule has 2 heterocycles. The maximum absolute atomic E-state index is 14.3. The highest BCUT2D eigenvalue weighted by atomic mass is 19.1. The van der Waals surface area contributed by atoms with Crippen LogP contribution in [-0.2, 0) is 5.60 Å². The molecule has 154 valence electrons. The number of primary amides is 1. The van der Waals surface area contributed by atoms with Crippen molar-refractivity contribution < 1.29 is 18.7 Å². The van der Waals surface area contributed by atoms with E-state index in [-0.39, 0.29) is 28.3 Å². The number of fused-ring (bicyclic) bond motifs is 1. The Hall–Kier alpha value is -4.09. The standard InChI is InChI=1S/C23H17FN4O3/c1-13-12-26-22(31-13)23(2,30)10-9-14-5-3-6-15(11-14)21-27-18-16(7-4-8-17(18)24)19(28-21)20(25)29/h3-8,11-12,30H,1-2H3,(H2,25,29)/t23-/m0/s1. The number of carbonyl (C=O) groups excluding carboxylic acids is 1. The number of hydrogen-bond donors (Lipinski definition) is 2. The van der Waals surface area contributed by atoms with Gasteiger partial charge in [0.15, 0.2) is 11.4 Å². The van der Waals surface area contributed by atoms with Crippen molar-refractivity contribution in [3.63, 3.8) is 0 Å². The van der Waals surface area contributed by atoms with E-state index in [0.717, 1.165) is 0 Å². The van der Waals surface area contributed by atoms with Crippen LogP contribution in [0.4, 0.5) is 4.39 Å². The molecule has 1 atom stereocenters. The number of aromatic nitrogens is 3. The number of benzene rings is 2. The number of amides is 1. The Morgan fingerprint density at radius 3 is 2.71 bits per heavy atom. The third-order valence-electron chi connectivity index (χ3n) is 4.52. The van der Waals surface area contributed by atoms with E-state index in [9.17, 15) is 14.3 Å². The van der Waals surface area contributed by atoms with E-state index in [1.54, 1.807) is 31.2 Å². The van der Waals surface area contributed by atoms with E-state index in [1.165, 1.54) is 31.3 Å². The molecule has 0 spiro atoms. The van der Waals surface area contributed by atoms with Crippen LogP contribution in [0.3, 0.4) is 0 Å². The second kappa shape index (κ2) is 7.63. The molecule has 0 aliphatic rings. The van der Waals surface area contributed by atoms with E-state index >= 15 is 0 Å². The number of rotatable bonds is 3. The quantitative estimate of drug-likeness (QED) is 0.496. The summed E-state index contributed by atoms with van der Waals surface area (Å²) >= 11 is 0. The fraction of sp³-hybridized carbons (Fsp3) is 0.130. The second-order valence-corrected chi connectivity index (χ2v) is 7.08. The third-order valence-corrected chi connectivity index (χ3v) is 4.52. The molecule has 7 nitrogen and oxygen atoms in total. The molecule has 2 aromatic heterocycles. The highest BCUT2D eigenvalue weighted by Crippen LogP contribution is 2.24. The van der Waals surface area contributed by atoms with Crippen molar-refractivity contribution in [1.29, 1.82) is 0 Å². The average molecular weight is 416 g/mol. The van der Waals surface area contributed by atoms with Gasteiger partial charge >= 0.3 is 0 Å². The summed E-state index contributed by atoms with van der Waals surface area (Å²) in [6.07, 6.45) is 1.50. The highest BCUT2D eigenvalue weighted by Gasteiger charge is 2.26. The highest BCUT2D eigenvalue weighted by molar-refractivity contribution is 6.04. The van der Waals surface area contributed by atoms with Crippen LogP contribution in [0, 0.1) is 24.6 Å². The fourth-order valence-corrected chi connectivity index (χ4v) is 3.00.